The Morgan fingerprint density at radius 3 is 2.44 bits per heavy atom. The Labute approximate surface area is 192 Å². The van der Waals surface area contributed by atoms with Crippen molar-refractivity contribution in [1.29, 1.82) is 0 Å². The second-order valence-corrected chi connectivity index (χ2v) is 9.52. The lowest BCUT2D eigenvalue weighted by Crippen LogP contribution is -2.51. The minimum atomic E-state index is -0.206. The molecule has 4 aromatic rings. The highest BCUT2D eigenvalue weighted by Gasteiger charge is 2.25. The molecule has 2 amide bonds. The average molecular weight is 465 g/mol. The van der Waals surface area contributed by atoms with Crippen molar-refractivity contribution in [3.8, 4) is 10.4 Å². The van der Waals surface area contributed by atoms with E-state index in [-0.39, 0.29) is 23.9 Å². The van der Waals surface area contributed by atoms with E-state index in [1.54, 1.807) is 9.80 Å². The van der Waals surface area contributed by atoms with Crippen molar-refractivity contribution in [3.05, 3.63) is 75.5 Å². The molecular weight excluding hydrogens is 444 g/mol. The quantitative estimate of drug-likeness (QED) is 0.465. The van der Waals surface area contributed by atoms with Crippen LogP contribution in [0.3, 0.4) is 0 Å². The number of amides is 2. The standard InChI is InChI=1S/C23H20N4O3S2/c28-20(25-8-10-26(11-9-25)22(29)18-7-4-12-31-18)14-27-15-24-17-13-19(32-21(17)23(27)30)16-5-2-1-3-6-16/h1-7,12-13,15H,8-11,14H2. The van der Waals surface area contributed by atoms with Gasteiger partial charge in [-0.1, -0.05) is 36.4 Å². The van der Waals surface area contributed by atoms with Crippen molar-refractivity contribution in [2.24, 2.45) is 0 Å². The van der Waals surface area contributed by atoms with Gasteiger partial charge in [-0.2, -0.15) is 0 Å². The first-order valence-corrected chi connectivity index (χ1v) is 11.9. The summed E-state index contributed by atoms with van der Waals surface area (Å²) >= 11 is 2.81. The highest BCUT2D eigenvalue weighted by Crippen LogP contribution is 2.30. The lowest BCUT2D eigenvalue weighted by Gasteiger charge is -2.34. The molecule has 9 heteroatoms. The molecule has 1 saturated heterocycles. The fourth-order valence-electron chi connectivity index (χ4n) is 3.76. The van der Waals surface area contributed by atoms with Gasteiger partial charge in [-0.3, -0.25) is 19.0 Å². The van der Waals surface area contributed by atoms with Gasteiger partial charge in [0.1, 0.15) is 11.2 Å². The van der Waals surface area contributed by atoms with Crippen molar-refractivity contribution >= 4 is 44.7 Å². The van der Waals surface area contributed by atoms with Crippen molar-refractivity contribution in [1.82, 2.24) is 19.4 Å². The highest BCUT2D eigenvalue weighted by atomic mass is 32.1. The second-order valence-electron chi connectivity index (χ2n) is 7.52. The molecule has 1 fully saturated rings. The minimum Gasteiger partial charge on any atom is -0.338 e. The number of thiophene rings is 2. The number of carbonyl (C=O) groups excluding carboxylic acids is 2. The predicted molar refractivity (Wildman–Crippen MR) is 126 cm³/mol. The summed E-state index contributed by atoms with van der Waals surface area (Å²) in [6, 6.07) is 15.4. The van der Waals surface area contributed by atoms with E-state index >= 15 is 0 Å². The molecule has 162 valence electrons. The van der Waals surface area contributed by atoms with Crippen molar-refractivity contribution in [3.63, 3.8) is 0 Å². The van der Waals surface area contributed by atoms with Gasteiger partial charge < -0.3 is 9.80 Å². The highest BCUT2D eigenvalue weighted by molar-refractivity contribution is 7.22. The fraction of sp³-hybridized carbons (Fsp3) is 0.217. The molecule has 1 aromatic carbocycles. The number of nitrogens with zero attached hydrogens (tertiary/aromatic N) is 4. The molecular formula is C23H20N4O3S2. The van der Waals surface area contributed by atoms with E-state index in [4.69, 9.17) is 0 Å². The van der Waals surface area contributed by atoms with Crippen molar-refractivity contribution < 1.29 is 9.59 Å². The number of hydrogen-bond donors (Lipinski definition) is 0. The van der Waals surface area contributed by atoms with E-state index in [0.29, 0.717) is 41.3 Å². The smallest absolute Gasteiger partial charge is 0.271 e. The number of carbonyl (C=O) groups is 2. The van der Waals surface area contributed by atoms with Gasteiger partial charge in [0.2, 0.25) is 5.91 Å². The summed E-state index contributed by atoms with van der Waals surface area (Å²) in [5, 5.41) is 1.88. The average Bonchev–Trinajstić information content (AvgIpc) is 3.52. The van der Waals surface area contributed by atoms with Crippen LogP contribution in [-0.2, 0) is 11.3 Å². The Morgan fingerprint density at radius 2 is 1.72 bits per heavy atom. The van der Waals surface area contributed by atoms with E-state index in [2.05, 4.69) is 4.98 Å². The number of piperazine rings is 1. The van der Waals surface area contributed by atoms with Crippen molar-refractivity contribution in [2.45, 2.75) is 6.54 Å². The van der Waals surface area contributed by atoms with Crippen LogP contribution in [0.4, 0.5) is 0 Å². The lowest BCUT2D eigenvalue weighted by molar-refractivity contribution is -0.133. The maximum absolute atomic E-state index is 13.0. The summed E-state index contributed by atoms with van der Waals surface area (Å²) in [6.45, 7) is 1.83. The van der Waals surface area contributed by atoms with E-state index in [9.17, 15) is 14.4 Å². The van der Waals surface area contributed by atoms with E-state index in [0.717, 1.165) is 10.4 Å². The predicted octanol–water partition coefficient (Wildman–Crippen LogP) is 3.17. The molecule has 0 spiro atoms. The van der Waals surface area contributed by atoms with Crippen LogP contribution in [0.15, 0.2) is 65.0 Å². The Balaban J connectivity index is 1.27. The van der Waals surface area contributed by atoms with Gasteiger partial charge in [0.15, 0.2) is 0 Å². The minimum absolute atomic E-state index is 0.00452. The van der Waals surface area contributed by atoms with Gasteiger partial charge >= 0.3 is 0 Å². The third-order valence-electron chi connectivity index (χ3n) is 5.52. The Bertz CT molecular complexity index is 1320. The SMILES string of the molecule is O=C(Cn1cnc2cc(-c3ccccc3)sc2c1=O)N1CCN(C(=O)c2cccs2)CC1. The largest absolute Gasteiger partial charge is 0.338 e. The van der Waals surface area contributed by atoms with Crippen LogP contribution >= 0.6 is 22.7 Å². The zero-order valence-corrected chi connectivity index (χ0v) is 18.8. The van der Waals surface area contributed by atoms with E-state index in [1.165, 1.54) is 33.6 Å². The first-order valence-electron chi connectivity index (χ1n) is 10.2. The van der Waals surface area contributed by atoms with Gasteiger partial charge in [-0.25, -0.2) is 4.98 Å². The zero-order chi connectivity index (χ0) is 22.1. The first kappa shape index (κ1) is 20.6. The molecule has 0 N–H and O–H groups in total. The number of fused-ring (bicyclic) bond motifs is 1. The molecule has 0 aliphatic carbocycles. The topological polar surface area (TPSA) is 75.5 Å². The monoisotopic (exact) mass is 464 g/mol. The van der Waals surface area contributed by atoms with Crippen LogP contribution in [0.5, 0.6) is 0 Å². The summed E-state index contributed by atoms with van der Waals surface area (Å²) in [5.41, 5.74) is 1.47. The van der Waals surface area contributed by atoms with Gasteiger partial charge in [0.25, 0.3) is 11.5 Å². The summed E-state index contributed by atoms with van der Waals surface area (Å²) in [5.74, 6) is -0.138. The fourth-order valence-corrected chi connectivity index (χ4v) is 5.52. The van der Waals surface area contributed by atoms with Crippen LogP contribution in [0.25, 0.3) is 20.7 Å². The molecule has 32 heavy (non-hydrogen) atoms. The normalized spacial score (nSPS) is 14.1. The zero-order valence-electron chi connectivity index (χ0n) is 17.1. The molecule has 1 aliphatic heterocycles. The third-order valence-corrected chi connectivity index (χ3v) is 7.54. The molecule has 1 aliphatic rings. The maximum Gasteiger partial charge on any atom is 0.271 e. The Kier molecular flexibility index (Phi) is 5.59. The molecule has 7 nitrogen and oxygen atoms in total. The van der Waals surface area contributed by atoms with Crippen LogP contribution in [0.1, 0.15) is 9.67 Å². The summed E-state index contributed by atoms with van der Waals surface area (Å²) in [4.78, 5) is 47.8. The third kappa shape index (κ3) is 3.96. The van der Waals surface area contributed by atoms with Crippen LogP contribution in [0, 0.1) is 0 Å². The van der Waals surface area contributed by atoms with Gasteiger partial charge in [-0.15, -0.1) is 22.7 Å². The van der Waals surface area contributed by atoms with Gasteiger partial charge in [-0.05, 0) is 23.1 Å². The Hall–Kier alpha value is -3.30. The second kappa shape index (κ2) is 8.68. The number of aromatic nitrogens is 2. The van der Waals surface area contributed by atoms with Crippen LogP contribution in [-0.4, -0.2) is 57.3 Å². The molecule has 0 unspecified atom stereocenters. The molecule has 4 heterocycles. The summed E-state index contributed by atoms with van der Waals surface area (Å²) < 4.78 is 1.92. The number of benzene rings is 1. The summed E-state index contributed by atoms with van der Waals surface area (Å²) in [6.07, 6.45) is 1.45. The van der Waals surface area contributed by atoms with Gasteiger partial charge in [0, 0.05) is 31.1 Å². The van der Waals surface area contributed by atoms with E-state index in [1.807, 2.05) is 53.9 Å². The number of rotatable bonds is 4. The van der Waals surface area contributed by atoms with Crippen LogP contribution < -0.4 is 5.56 Å². The Morgan fingerprint density at radius 1 is 0.969 bits per heavy atom. The number of hydrogen-bond acceptors (Lipinski definition) is 6. The molecule has 0 bridgehead atoms. The summed E-state index contributed by atoms with van der Waals surface area (Å²) in [7, 11) is 0. The molecule has 3 aromatic heterocycles. The molecule has 5 rings (SSSR count). The van der Waals surface area contributed by atoms with E-state index < -0.39 is 0 Å². The lowest BCUT2D eigenvalue weighted by atomic mass is 10.2. The molecule has 0 atom stereocenters. The van der Waals surface area contributed by atoms with Gasteiger partial charge in [0.05, 0.1) is 16.7 Å². The maximum atomic E-state index is 13.0. The molecule has 0 radical (unpaired) electrons. The van der Waals surface area contributed by atoms with Crippen molar-refractivity contribution in [2.75, 3.05) is 26.2 Å². The first-order chi connectivity index (χ1) is 15.6. The van der Waals surface area contributed by atoms with Crippen LogP contribution in [0.2, 0.25) is 0 Å². The molecule has 0 saturated carbocycles.